The highest BCUT2D eigenvalue weighted by molar-refractivity contribution is 7.80. The molecule has 0 spiro atoms. The summed E-state index contributed by atoms with van der Waals surface area (Å²) in [7, 11) is 1.25. The Bertz CT molecular complexity index is 537. The number of thiol groups is 1. The number of H-pyrrole nitrogens is 1. The standard InChI is InChI=1S/C9H10N4O2S/c1-13(15)9(14)10-5-2-3-6-7(4-5)12-8(16)11-6/h2-4,15H,1H3,(H,10,14)(H2,11,12,16). The number of nitrogens with one attached hydrogen (secondary N) is 2. The molecule has 2 aromatic rings. The average molecular weight is 238 g/mol. The van der Waals surface area contributed by atoms with Crippen LogP contribution in [0.2, 0.25) is 0 Å². The quantitative estimate of drug-likeness (QED) is 0.347. The lowest BCUT2D eigenvalue weighted by Crippen LogP contribution is -2.27. The van der Waals surface area contributed by atoms with Crippen molar-refractivity contribution in [3.05, 3.63) is 18.2 Å². The van der Waals surface area contributed by atoms with Crippen LogP contribution < -0.4 is 5.32 Å². The first kappa shape index (κ1) is 10.8. The number of nitrogens with zero attached hydrogens (tertiary/aromatic N) is 2. The smallest absolute Gasteiger partial charge is 0.333 e. The highest BCUT2D eigenvalue weighted by atomic mass is 32.1. The molecule has 0 saturated heterocycles. The normalized spacial score (nSPS) is 10.4. The predicted molar refractivity (Wildman–Crippen MR) is 61.9 cm³/mol. The number of aromatic nitrogens is 2. The Balaban J connectivity index is 2.29. The molecule has 16 heavy (non-hydrogen) atoms. The van der Waals surface area contributed by atoms with E-state index < -0.39 is 6.03 Å². The van der Waals surface area contributed by atoms with Gasteiger partial charge in [0.1, 0.15) is 0 Å². The van der Waals surface area contributed by atoms with Crippen molar-refractivity contribution in [3.63, 3.8) is 0 Å². The van der Waals surface area contributed by atoms with Gasteiger partial charge in [-0.05, 0) is 18.2 Å². The van der Waals surface area contributed by atoms with Crippen LogP contribution in [0.5, 0.6) is 0 Å². The van der Waals surface area contributed by atoms with Gasteiger partial charge >= 0.3 is 6.03 Å². The number of rotatable bonds is 1. The second-order valence-corrected chi connectivity index (χ2v) is 3.67. The van der Waals surface area contributed by atoms with Gasteiger partial charge in [0.2, 0.25) is 0 Å². The maximum atomic E-state index is 11.2. The Kier molecular flexibility index (Phi) is 2.71. The van der Waals surface area contributed by atoms with E-state index in [0.717, 1.165) is 11.0 Å². The van der Waals surface area contributed by atoms with Gasteiger partial charge in [-0.15, -0.1) is 12.6 Å². The molecule has 1 heterocycles. The summed E-state index contributed by atoms with van der Waals surface area (Å²) in [4.78, 5) is 18.2. The molecule has 0 saturated carbocycles. The average Bonchev–Trinajstić information content (AvgIpc) is 2.57. The third-order valence-electron chi connectivity index (χ3n) is 2.01. The molecule has 0 aliphatic carbocycles. The Morgan fingerprint density at radius 3 is 3.06 bits per heavy atom. The minimum absolute atomic E-state index is 0.473. The monoisotopic (exact) mass is 238 g/mol. The summed E-state index contributed by atoms with van der Waals surface area (Å²) < 4.78 is 0. The Labute approximate surface area is 96.6 Å². The molecule has 0 atom stereocenters. The fourth-order valence-electron chi connectivity index (χ4n) is 1.28. The van der Waals surface area contributed by atoms with E-state index in [1.54, 1.807) is 18.2 Å². The number of carbonyl (C=O) groups is 1. The molecule has 6 nitrogen and oxygen atoms in total. The molecule has 0 unspecified atom stereocenters. The molecule has 0 bridgehead atoms. The van der Waals surface area contributed by atoms with Crippen LogP contribution in [0.25, 0.3) is 11.0 Å². The van der Waals surface area contributed by atoms with E-state index in [0.29, 0.717) is 15.9 Å². The first-order chi connectivity index (χ1) is 7.56. The fraction of sp³-hybridized carbons (Fsp3) is 0.111. The zero-order valence-electron chi connectivity index (χ0n) is 8.43. The molecule has 1 aromatic carbocycles. The molecule has 2 rings (SSSR count). The molecular weight excluding hydrogens is 228 g/mol. The van der Waals surface area contributed by atoms with E-state index in [-0.39, 0.29) is 0 Å². The lowest BCUT2D eigenvalue weighted by Gasteiger charge is -2.09. The Morgan fingerprint density at radius 2 is 2.38 bits per heavy atom. The zero-order valence-corrected chi connectivity index (χ0v) is 9.32. The maximum absolute atomic E-state index is 11.2. The van der Waals surface area contributed by atoms with E-state index in [9.17, 15) is 4.79 Å². The number of carbonyl (C=O) groups excluding carboxylic acids is 1. The van der Waals surface area contributed by atoms with Crippen molar-refractivity contribution in [2.75, 3.05) is 12.4 Å². The lowest BCUT2D eigenvalue weighted by molar-refractivity contribution is -0.0118. The van der Waals surface area contributed by atoms with Gasteiger partial charge in [-0.3, -0.25) is 5.21 Å². The fourth-order valence-corrected chi connectivity index (χ4v) is 1.51. The van der Waals surface area contributed by atoms with Gasteiger partial charge in [0.25, 0.3) is 0 Å². The van der Waals surface area contributed by atoms with Crippen LogP contribution in [-0.4, -0.2) is 33.3 Å². The van der Waals surface area contributed by atoms with Crippen molar-refractivity contribution < 1.29 is 10.0 Å². The maximum Gasteiger partial charge on any atom is 0.345 e. The number of aromatic amines is 1. The summed E-state index contributed by atoms with van der Waals surface area (Å²) in [5.41, 5.74) is 2.10. The molecule has 2 amide bonds. The summed E-state index contributed by atoms with van der Waals surface area (Å²) in [6.07, 6.45) is 0. The third kappa shape index (κ3) is 2.10. The summed E-state index contributed by atoms with van der Waals surface area (Å²) in [5.74, 6) is 0. The molecule has 1 aromatic heterocycles. The lowest BCUT2D eigenvalue weighted by atomic mass is 10.3. The number of fused-ring (bicyclic) bond motifs is 1. The molecule has 0 aliphatic rings. The molecule has 7 heteroatoms. The summed E-state index contributed by atoms with van der Waals surface area (Å²) in [6, 6.07) is 4.55. The van der Waals surface area contributed by atoms with Gasteiger partial charge in [0.15, 0.2) is 5.16 Å². The van der Waals surface area contributed by atoms with Gasteiger partial charge in [-0.1, -0.05) is 0 Å². The summed E-state index contributed by atoms with van der Waals surface area (Å²) in [6.45, 7) is 0. The van der Waals surface area contributed by atoms with Crippen molar-refractivity contribution >= 4 is 35.4 Å². The molecule has 0 radical (unpaired) electrons. The van der Waals surface area contributed by atoms with E-state index >= 15 is 0 Å². The van der Waals surface area contributed by atoms with Crippen LogP contribution in [0.4, 0.5) is 10.5 Å². The molecule has 0 aliphatic heterocycles. The van der Waals surface area contributed by atoms with Gasteiger partial charge in [0, 0.05) is 12.7 Å². The summed E-state index contributed by atoms with van der Waals surface area (Å²) >= 11 is 4.08. The van der Waals surface area contributed by atoms with Gasteiger partial charge < -0.3 is 10.3 Å². The number of anilines is 1. The number of hydrogen-bond acceptors (Lipinski definition) is 4. The highest BCUT2D eigenvalue weighted by Gasteiger charge is 2.07. The first-order valence-corrected chi connectivity index (χ1v) is 4.93. The number of hydroxylamine groups is 2. The number of benzene rings is 1. The predicted octanol–water partition coefficient (Wildman–Crippen LogP) is 1.70. The van der Waals surface area contributed by atoms with E-state index in [1.807, 2.05) is 0 Å². The molecule has 0 fully saturated rings. The third-order valence-corrected chi connectivity index (χ3v) is 2.23. The van der Waals surface area contributed by atoms with Crippen molar-refractivity contribution in [2.24, 2.45) is 0 Å². The van der Waals surface area contributed by atoms with Crippen molar-refractivity contribution in [3.8, 4) is 0 Å². The minimum Gasteiger partial charge on any atom is -0.333 e. The van der Waals surface area contributed by atoms with E-state index in [4.69, 9.17) is 5.21 Å². The Hall–Kier alpha value is -1.73. The van der Waals surface area contributed by atoms with E-state index in [2.05, 4.69) is 27.9 Å². The Morgan fingerprint density at radius 1 is 1.62 bits per heavy atom. The second kappa shape index (κ2) is 4.03. The van der Waals surface area contributed by atoms with E-state index in [1.165, 1.54) is 7.05 Å². The topological polar surface area (TPSA) is 81.2 Å². The van der Waals surface area contributed by atoms with Crippen molar-refractivity contribution in [2.45, 2.75) is 5.16 Å². The van der Waals surface area contributed by atoms with Gasteiger partial charge in [0.05, 0.1) is 11.0 Å². The molecule has 3 N–H and O–H groups in total. The number of urea groups is 1. The zero-order chi connectivity index (χ0) is 11.7. The van der Waals surface area contributed by atoms with Crippen molar-refractivity contribution in [1.82, 2.24) is 15.0 Å². The second-order valence-electron chi connectivity index (χ2n) is 3.25. The molecular formula is C9H10N4O2S. The van der Waals surface area contributed by atoms with Crippen LogP contribution in [0.1, 0.15) is 0 Å². The highest BCUT2D eigenvalue weighted by Crippen LogP contribution is 2.18. The number of imidazole rings is 1. The van der Waals surface area contributed by atoms with Crippen LogP contribution in [-0.2, 0) is 0 Å². The molecule has 84 valence electrons. The first-order valence-electron chi connectivity index (χ1n) is 4.48. The van der Waals surface area contributed by atoms with Crippen LogP contribution >= 0.6 is 12.6 Å². The number of amides is 2. The van der Waals surface area contributed by atoms with Crippen LogP contribution in [0, 0.1) is 0 Å². The van der Waals surface area contributed by atoms with Crippen molar-refractivity contribution in [1.29, 1.82) is 0 Å². The van der Waals surface area contributed by atoms with Gasteiger partial charge in [-0.25, -0.2) is 14.8 Å². The van der Waals surface area contributed by atoms with Crippen LogP contribution in [0.3, 0.4) is 0 Å². The SMILES string of the molecule is CN(O)C(=O)Nc1ccc2nc(S)[nH]c2c1. The minimum atomic E-state index is -0.607. The summed E-state index contributed by atoms with van der Waals surface area (Å²) in [5, 5.41) is 12.4. The van der Waals surface area contributed by atoms with Crippen LogP contribution in [0.15, 0.2) is 23.4 Å². The van der Waals surface area contributed by atoms with Gasteiger partial charge in [-0.2, -0.15) is 0 Å². The largest absolute Gasteiger partial charge is 0.345 e. The number of hydrogen-bond donors (Lipinski definition) is 4.